The molecule has 206 valence electrons. The number of aromatic hydroxyl groups is 1. The molecule has 0 saturated heterocycles. The topological polar surface area (TPSA) is 171 Å². The number of fused-ring (bicyclic) bond motifs is 4. The number of carbonyl (C=O) groups excluding carboxylic acids is 4. The zero-order valence-electron chi connectivity index (χ0n) is 21.9. The molecule has 0 aliphatic heterocycles. The number of ketones is 4. The quantitative estimate of drug-likeness (QED) is 0.324. The number of aromatic nitrogens is 1. The number of benzene rings is 1. The molecular formula is C30H27NO9. The van der Waals surface area contributed by atoms with Gasteiger partial charge in [0.25, 0.3) is 5.56 Å². The molecule has 10 nitrogen and oxygen atoms in total. The summed E-state index contributed by atoms with van der Waals surface area (Å²) in [6, 6.07) is 3.47. The maximum Gasteiger partial charge on any atom is 0.259 e. The molecular weight excluding hydrogens is 518 g/mol. The van der Waals surface area contributed by atoms with Crippen LogP contribution in [0.15, 0.2) is 51.2 Å². The van der Waals surface area contributed by atoms with Gasteiger partial charge in [0.05, 0.1) is 35.7 Å². The smallest absolute Gasteiger partial charge is 0.259 e. The van der Waals surface area contributed by atoms with Crippen molar-refractivity contribution in [3.63, 3.8) is 0 Å². The van der Waals surface area contributed by atoms with Gasteiger partial charge in [-0.15, -0.1) is 0 Å². The van der Waals surface area contributed by atoms with Crippen molar-refractivity contribution in [2.75, 3.05) is 7.11 Å². The highest BCUT2D eigenvalue weighted by molar-refractivity contribution is 6.36. The van der Waals surface area contributed by atoms with E-state index in [9.17, 15) is 39.3 Å². The Morgan fingerprint density at radius 1 is 1.05 bits per heavy atom. The van der Waals surface area contributed by atoms with Crippen molar-refractivity contribution in [2.45, 2.75) is 57.0 Å². The second kappa shape index (κ2) is 8.85. The number of nitrogens with one attached hydrogen (secondary N) is 1. The molecule has 40 heavy (non-hydrogen) atoms. The molecule has 10 heteroatoms. The van der Waals surface area contributed by atoms with Crippen molar-refractivity contribution in [1.82, 2.24) is 4.98 Å². The first-order valence-electron chi connectivity index (χ1n) is 13.3. The zero-order chi connectivity index (χ0) is 28.7. The summed E-state index contributed by atoms with van der Waals surface area (Å²) in [5.74, 6) is -6.73. The first kappa shape index (κ1) is 25.9. The number of ether oxygens (including phenoxy) is 1. The fraction of sp³-hybridized carbons (Fsp3) is 0.367. The average Bonchev–Trinajstić information content (AvgIpc) is 3.40. The second-order valence-corrected chi connectivity index (χ2v) is 10.8. The van der Waals surface area contributed by atoms with E-state index in [1.54, 1.807) is 12.1 Å². The van der Waals surface area contributed by atoms with Crippen molar-refractivity contribution in [3.05, 3.63) is 73.6 Å². The van der Waals surface area contributed by atoms with Crippen LogP contribution in [-0.4, -0.2) is 56.7 Å². The van der Waals surface area contributed by atoms with Gasteiger partial charge in [-0.25, -0.2) is 0 Å². The maximum atomic E-state index is 14.1. The van der Waals surface area contributed by atoms with Crippen LogP contribution in [0.5, 0.6) is 5.75 Å². The molecule has 0 bridgehead atoms. The summed E-state index contributed by atoms with van der Waals surface area (Å²) in [6.45, 7) is 2.07. The van der Waals surface area contributed by atoms with Crippen LogP contribution in [-0.2, 0) is 42.2 Å². The summed E-state index contributed by atoms with van der Waals surface area (Å²) >= 11 is 0. The molecule has 3 atom stereocenters. The Morgan fingerprint density at radius 3 is 2.50 bits per heavy atom. The summed E-state index contributed by atoms with van der Waals surface area (Å²) in [7, 11) is 1.17. The van der Waals surface area contributed by atoms with Gasteiger partial charge >= 0.3 is 0 Å². The van der Waals surface area contributed by atoms with Crippen LogP contribution in [0.2, 0.25) is 0 Å². The monoisotopic (exact) mass is 545 g/mol. The highest BCUT2D eigenvalue weighted by Crippen LogP contribution is 2.56. The van der Waals surface area contributed by atoms with E-state index < -0.39 is 74.4 Å². The third kappa shape index (κ3) is 3.16. The maximum absolute atomic E-state index is 14.1. The molecule has 1 heterocycles. The molecule has 3 unspecified atom stereocenters. The van der Waals surface area contributed by atoms with Crippen LogP contribution >= 0.6 is 0 Å². The lowest BCUT2D eigenvalue weighted by Gasteiger charge is -2.31. The van der Waals surface area contributed by atoms with Gasteiger partial charge < -0.3 is 25.0 Å². The number of unbranched alkanes of at least 4 members (excludes halogenated alkanes) is 2. The summed E-state index contributed by atoms with van der Waals surface area (Å²) in [6.07, 6.45) is 2.64. The van der Waals surface area contributed by atoms with Gasteiger partial charge in [-0.1, -0.05) is 25.8 Å². The number of hydrogen-bond donors (Lipinski definition) is 4. The average molecular weight is 546 g/mol. The van der Waals surface area contributed by atoms with Crippen molar-refractivity contribution >= 4 is 33.9 Å². The highest BCUT2D eigenvalue weighted by atomic mass is 16.5. The summed E-state index contributed by atoms with van der Waals surface area (Å²) in [5.41, 5.74) is -2.92. The third-order valence-corrected chi connectivity index (χ3v) is 8.69. The number of pyridine rings is 1. The van der Waals surface area contributed by atoms with Gasteiger partial charge in [-0.05, 0) is 42.7 Å². The Balaban J connectivity index is 1.50. The number of Topliss-reactive ketones (excluding diaryl/α,β-unsaturated/α-hetero) is 3. The van der Waals surface area contributed by atoms with E-state index in [1.165, 1.54) is 7.11 Å². The predicted molar refractivity (Wildman–Crippen MR) is 141 cm³/mol. The zero-order valence-corrected chi connectivity index (χ0v) is 21.9. The molecule has 2 aromatic rings. The van der Waals surface area contributed by atoms with Gasteiger partial charge in [0.1, 0.15) is 16.9 Å². The summed E-state index contributed by atoms with van der Waals surface area (Å²) < 4.78 is 4.95. The van der Waals surface area contributed by atoms with E-state index in [1.807, 2.05) is 0 Å². The first-order chi connectivity index (χ1) is 19.1. The largest absolute Gasteiger partial charge is 0.507 e. The predicted octanol–water partition coefficient (Wildman–Crippen LogP) is 2.08. The lowest BCUT2D eigenvalue weighted by molar-refractivity contribution is -0.129. The molecule has 6 rings (SSSR count). The fourth-order valence-corrected chi connectivity index (χ4v) is 6.84. The van der Waals surface area contributed by atoms with Crippen LogP contribution in [0, 0.1) is 5.92 Å². The van der Waals surface area contributed by atoms with Crippen LogP contribution in [0.25, 0.3) is 10.8 Å². The number of aromatic amines is 1. The number of phenolic OH excluding ortho intramolecular Hbond substituents is 1. The van der Waals surface area contributed by atoms with Gasteiger partial charge in [0.2, 0.25) is 5.78 Å². The molecule has 1 aromatic heterocycles. The third-order valence-electron chi connectivity index (χ3n) is 8.69. The fourth-order valence-electron chi connectivity index (χ4n) is 6.84. The Kier molecular flexibility index (Phi) is 5.74. The van der Waals surface area contributed by atoms with Crippen LogP contribution < -0.4 is 5.56 Å². The Bertz CT molecular complexity index is 1740. The minimum absolute atomic E-state index is 0.0463. The first-order valence-corrected chi connectivity index (χ1v) is 13.3. The number of methoxy groups -OCH3 is 1. The Morgan fingerprint density at radius 2 is 1.80 bits per heavy atom. The van der Waals surface area contributed by atoms with Crippen molar-refractivity contribution in [2.24, 2.45) is 5.92 Å². The molecule has 4 aliphatic carbocycles. The van der Waals surface area contributed by atoms with Crippen molar-refractivity contribution < 1.29 is 39.2 Å². The van der Waals surface area contributed by atoms with Gasteiger partial charge in [0.15, 0.2) is 23.1 Å². The van der Waals surface area contributed by atoms with E-state index in [2.05, 4.69) is 11.9 Å². The lowest BCUT2D eigenvalue weighted by Crippen LogP contribution is -2.43. The number of carbonyl (C=O) groups is 4. The molecule has 4 N–H and O–H groups in total. The van der Waals surface area contributed by atoms with Crippen molar-refractivity contribution in [1.29, 1.82) is 0 Å². The standard InChI is InChI=1S/C30H27NO9/c1-3-4-5-6-14-10-13-9-12-7-8-30(22(12)26(36)17(13)29(39)31-14)27(37)20-21(28(30)38)25(35)19-18(24(20)34)15(32)11-16(40-2)23(19)33/h9-11,19,25,34-36H,3-8H2,1-2H3,(H,31,39). The van der Waals surface area contributed by atoms with Crippen LogP contribution in [0.1, 0.15) is 49.4 Å². The number of H-pyrrole nitrogens is 1. The molecule has 0 fully saturated rings. The molecule has 1 spiro atoms. The number of rotatable bonds is 5. The normalized spacial score (nSPS) is 25.6. The minimum atomic E-state index is -2.02. The Hall–Kier alpha value is -4.31. The number of aryl methyl sites for hydroxylation is 2. The minimum Gasteiger partial charge on any atom is -0.507 e. The van der Waals surface area contributed by atoms with E-state index in [0.717, 1.165) is 25.3 Å². The number of aliphatic hydroxyl groups excluding tert-OH is 2. The summed E-state index contributed by atoms with van der Waals surface area (Å²) in [5, 5.41) is 34.2. The lowest BCUT2D eigenvalue weighted by atomic mass is 9.73. The Labute approximate surface area is 227 Å². The van der Waals surface area contributed by atoms with Crippen LogP contribution in [0.3, 0.4) is 0 Å². The van der Waals surface area contributed by atoms with E-state index in [0.29, 0.717) is 23.1 Å². The number of phenols is 1. The van der Waals surface area contributed by atoms with E-state index >= 15 is 0 Å². The van der Waals surface area contributed by atoms with Gasteiger partial charge in [-0.2, -0.15) is 0 Å². The number of aliphatic hydroxyl groups is 2. The van der Waals surface area contributed by atoms with Crippen molar-refractivity contribution in [3.8, 4) is 5.75 Å². The molecule has 0 amide bonds. The highest BCUT2D eigenvalue weighted by Gasteiger charge is 2.64. The SMILES string of the molecule is CCCCCc1cc2cc3c(c(O)c2c(=O)[nH]1)C1(CC3)C(=O)C2=C(C1=O)C(O)C1C(=O)C(OC)=CC(=O)C1=C2O. The molecule has 4 aliphatic rings. The molecule has 1 aromatic carbocycles. The molecule has 0 radical (unpaired) electrons. The van der Waals surface area contributed by atoms with Gasteiger partial charge in [-0.3, -0.25) is 24.0 Å². The summed E-state index contributed by atoms with van der Waals surface area (Å²) in [4.78, 5) is 69.8. The van der Waals surface area contributed by atoms with E-state index in [4.69, 9.17) is 4.74 Å². The van der Waals surface area contributed by atoms with Crippen LogP contribution in [0.4, 0.5) is 0 Å². The second-order valence-electron chi connectivity index (χ2n) is 10.8. The van der Waals surface area contributed by atoms with E-state index in [-0.39, 0.29) is 29.6 Å². The number of allylic oxidation sites excluding steroid dienone is 3. The molecule has 0 saturated carbocycles. The number of hydrogen-bond acceptors (Lipinski definition) is 9. The van der Waals surface area contributed by atoms with Gasteiger partial charge in [0, 0.05) is 22.9 Å².